The van der Waals surface area contributed by atoms with Crippen LogP contribution in [0.15, 0.2) is 54.7 Å². The lowest BCUT2D eigenvalue weighted by Gasteiger charge is -2.40. The quantitative estimate of drug-likeness (QED) is 0.656. The van der Waals surface area contributed by atoms with Gasteiger partial charge in [-0.1, -0.05) is 31.2 Å². The molecule has 3 aromatic rings. The van der Waals surface area contributed by atoms with E-state index in [2.05, 4.69) is 17.2 Å². The predicted molar refractivity (Wildman–Crippen MR) is 120 cm³/mol. The number of rotatable bonds is 5. The van der Waals surface area contributed by atoms with Crippen LogP contribution in [0.1, 0.15) is 40.5 Å². The van der Waals surface area contributed by atoms with Crippen molar-refractivity contribution in [1.29, 1.82) is 0 Å². The fourth-order valence-corrected chi connectivity index (χ4v) is 4.43. The summed E-state index contributed by atoms with van der Waals surface area (Å²) in [7, 11) is 1.35. The molecular weight excluding hydrogens is 409 g/mol. The van der Waals surface area contributed by atoms with Crippen molar-refractivity contribution in [3.8, 4) is 5.75 Å². The Labute approximate surface area is 186 Å². The van der Waals surface area contributed by atoms with E-state index in [1.807, 2.05) is 24.3 Å². The lowest BCUT2D eigenvalue weighted by molar-refractivity contribution is 0.0503. The van der Waals surface area contributed by atoms with Gasteiger partial charge in [0.25, 0.3) is 11.8 Å². The van der Waals surface area contributed by atoms with Crippen LogP contribution in [0.4, 0.5) is 4.39 Å². The molecule has 0 radical (unpaired) electrons. The lowest BCUT2D eigenvalue weighted by Crippen LogP contribution is -2.53. The number of ether oxygens (including phenoxy) is 1. The molecule has 4 rings (SSSR count). The number of carbonyl (C=O) groups is 2. The molecule has 1 aliphatic rings. The summed E-state index contributed by atoms with van der Waals surface area (Å²) in [4.78, 5) is 32.4. The van der Waals surface area contributed by atoms with Gasteiger partial charge in [-0.15, -0.1) is 0 Å². The van der Waals surface area contributed by atoms with Crippen LogP contribution in [0.25, 0.3) is 10.9 Å². The van der Waals surface area contributed by atoms with E-state index in [-0.39, 0.29) is 35.1 Å². The number of nitrogens with zero attached hydrogens (tertiary/aromatic N) is 2. The Morgan fingerprint density at radius 3 is 2.72 bits per heavy atom. The van der Waals surface area contributed by atoms with Crippen molar-refractivity contribution >= 4 is 22.7 Å². The number of hydrogen-bond donors (Lipinski definition) is 1. The molecule has 2 amide bonds. The van der Waals surface area contributed by atoms with Crippen LogP contribution < -0.4 is 10.1 Å². The van der Waals surface area contributed by atoms with Crippen LogP contribution in [0, 0.1) is 11.7 Å². The van der Waals surface area contributed by atoms with Crippen LogP contribution in [0.3, 0.4) is 0 Å². The van der Waals surface area contributed by atoms with Gasteiger partial charge >= 0.3 is 0 Å². The summed E-state index contributed by atoms with van der Waals surface area (Å²) < 4.78 is 19.3. The number of halogens is 1. The molecular formula is C25H26FN3O3. The molecule has 1 aromatic heterocycles. The highest BCUT2D eigenvalue weighted by Crippen LogP contribution is 2.29. The first kappa shape index (κ1) is 21.7. The van der Waals surface area contributed by atoms with E-state index < -0.39 is 5.82 Å². The first-order valence-electron chi connectivity index (χ1n) is 10.8. The van der Waals surface area contributed by atoms with Crippen LogP contribution in [0.2, 0.25) is 0 Å². The average Bonchev–Trinajstić information content (AvgIpc) is 2.82. The maximum Gasteiger partial charge on any atom is 0.258 e. The van der Waals surface area contributed by atoms with E-state index in [1.54, 1.807) is 23.2 Å². The van der Waals surface area contributed by atoms with E-state index in [0.29, 0.717) is 24.2 Å². The minimum absolute atomic E-state index is 0.0552. The summed E-state index contributed by atoms with van der Waals surface area (Å²) in [5.74, 6) is -0.975. The molecule has 2 aromatic carbocycles. The Morgan fingerprint density at radius 1 is 1.16 bits per heavy atom. The molecule has 2 atom stereocenters. The zero-order chi connectivity index (χ0) is 22.7. The number of fused-ring (bicyclic) bond motifs is 1. The topological polar surface area (TPSA) is 71.5 Å². The van der Waals surface area contributed by atoms with E-state index in [1.165, 1.54) is 19.2 Å². The molecule has 2 unspecified atom stereocenters. The molecule has 1 saturated heterocycles. The second-order valence-electron chi connectivity index (χ2n) is 8.10. The van der Waals surface area contributed by atoms with E-state index >= 15 is 0 Å². The number of pyridine rings is 1. The number of hydrogen-bond acceptors (Lipinski definition) is 4. The molecule has 0 aliphatic carbocycles. The molecule has 1 fully saturated rings. The normalized spacial score (nSPS) is 18.4. The molecule has 2 heterocycles. The largest absolute Gasteiger partial charge is 0.493 e. The number of methoxy groups -OCH3 is 1. The molecule has 6 nitrogen and oxygen atoms in total. The highest BCUT2D eigenvalue weighted by Gasteiger charge is 2.34. The third kappa shape index (κ3) is 4.15. The van der Waals surface area contributed by atoms with Gasteiger partial charge in [0.1, 0.15) is 0 Å². The SMILES string of the molecule is COc1c(F)cccc1C(=O)N1CCCC(C)C1CNC(=O)c1cccc2cccnc12. The minimum atomic E-state index is -0.572. The summed E-state index contributed by atoms with van der Waals surface area (Å²) in [5.41, 5.74) is 1.33. The second kappa shape index (κ2) is 9.34. The van der Waals surface area contributed by atoms with Gasteiger partial charge in [0.15, 0.2) is 11.6 Å². The minimum Gasteiger partial charge on any atom is -0.493 e. The standard InChI is InChI=1S/C25H26FN3O3/c1-16-7-6-14-29(25(31)19-11-4-12-20(26)23(19)32-2)21(16)15-28-24(30)18-10-3-8-17-9-5-13-27-22(17)18/h3-5,8-13,16,21H,6-7,14-15H2,1-2H3,(H,28,30). The molecule has 0 bridgehead atoms. The number of nitrogens with one attached hydrogen (secondary N) is 1. The van der Waals surface area contributed by atoms with Gasteiger partial charge in [0, 0.05) is 24.7 Å². The summed E-state index contributed by atoms with van der Waals surface area (Å²) in [6, 6.07) is 13.4. The third-order valence-electron chi connectivity index (χ3n) is 6.13. The van der Waals surface area contributed by atoms with Gasteiger partial charge in [-0.3, -0.25) is 14.6 Å². The number of likely N-dealkylation sites (tertiary alicyclic amines) is 1. The summed E-state index contributed by atoms with van der Waals surface area (Å²) >= 11 is 0. The zero-order valence-corrected chi connectivity index (χ0v) is 18.2. The number of aromatic nitrogens is 1. The molecule has 166 valence electrons. The maximum absolute atomic E-state index is 14.2. The molecule has 1 N–H and O–H groups in total. The number of benzene rings is 2. The second-order valence-corrected chi connectivity index (χ2v) is 8.10. The Hall–Kier alpha value is -3.48. The number of amides is 2. The monoisotopic (exact) mass is 435 g/mol. The predicted octanol–water partition coefficient (Wildman–Crippen LogP) is 4.05. The van der Waals surface area contributed by atoms with Crippen LogP contribution in [0.5, 0.6) is 5.75 Å². The summed E-state index contributed by atoms with van der Waals surface area (Å²) in [5, 5.41) is 3.88. The van der Waals surface area contributed by atoms with Crippen LogP contribution >= 0.6 is 0 Å². The molecule has 0 saturated carbocycles. The fraction of sp³-hybridized carbons (Fsp3) is 0.320. The van der Waals surface area contributed by atoms with Crippen molar-refractivity contribution in [1.82, 2.24) is 15.2 Å². The molecule has 7 heteroatoms. The molecule has 0 spiro atoms. The van der Waals surface area contributed by atoms with Gasteiger partial charge in [-0.25, -0.2) is 4.39 Å². The Morgan fingerprint density at radius 2 is 1.91 bits per heavy atom. The Balaban J connectivity index is 1.55. The lowest BCUT2D eigenvalue weighted by atomic mass is 9.90. The van der Waals surface area contributed by atoms with Gasteiger partial charge in [-0.2, -0.15) is 0 Å². The van der Waals surface area contributed by atoms with Crippen molar-refractivity contribution in [3.63, 3.8) is 0 Å². The number of para-hydroxylation sites is 2. The number of carbonyl (C=O) groups excluding carboxylic acids is 2. The van der Waals surface area contributed by atoms with Gasteiger partial charge in [0.05, 0.1) is 29.8 Å². The molecule has 32 heavy (non-hydrogen) atoms. The van der Waals surface area contributed by atoms with Crippen molar-refractivity contribution in [3.05, 3.63) is 71.7 Å². The van der Waals surface area contributed by atoms with Gasteiger partial charge < -0.3 is 15.0 Å². The van der Waals surface area contributed by atoms with Crippen molar-refractivity contribution in [2.75, 3.05) is 20.2 Å². The average molecular weight is 435 g/mol. The Bertz CT molecular complexity index is 1140. The fourth-order valence-electron chi connectivity index (χ4n) is 4.43. The smallest absolute Gasteiger partial charge is 0.258 e. The highest BCUT2D eigenvalue weighted by atomic mass is 19.1. The van der Waals surface area contributed by atoms with E-state index in [0.717, 1.165) is 18.2 Å². The first-order valence-corrected chi connectivity index (χ1v) is 10.8. The van der Waals surface area contributed by atoms with Crippen LogP contribution in [-0.2, 0) is 0 Å². The first-order chi connectivity index (χ1) is 15.5. The maximum atomic E-state index is 14.2. The number of piperidine rings is 1. The van der Waals surface area contributed by atoms with Crippen molar-refractivity contribution in [2.24, 2.45) is 5.92 Å². The third-order valence-corrected chi connectivity index (χ3v) is 6.13. The zero-order valence-electron chi connectivity index (χ0n) is 18.2. The van der Waals surface area contributed by atoms with E-state index in [9.17, 15) is 14.0 Å². The van der Waals surface area contributed by atoms with E-state index in [4.69, 9.17) is 4.74 Å². The molecule has 1 aliphatic heterocycles. The Kier molecular flexibility index (Phi) is 6.35. The summed E-state index contributed by atoms with van der Waals surface area (Å²) in [6.45, 7) is 2.91. The van der Waals surface area contributed by atoms with Crippen molar-refractivity contribution < 1.29 is 18.7 Å². The highest BCUT2D eigenvalue weighted by molar-refractivity contribution is 6.05. The van der Waals surface area contributed by atoms with Crippen LogP contribution in [-0.4, -0.2) is 47.9 Å². The van der Waals surface area contributed by atoms with Gasteiger partial charge in [-0.05, 0) is 43.0 Å². The van der Waals surface area contributed by atoms with Gasteiger partial charge in [0.2, 0.25) is 0 Å². The summed E-state index contributed by atoms with van der Waals surface area (Å²) in [6.07, 6.45) is 3.46. The van der Waals surface area contributed by atoms with Crippen molar-refractivity contribution in [2.45, 2.75) is 25.8 Å².